The van der Waals surface area contributed by atoms with Gasteiger partial charge >= 0.3 is 0 Å². The highest BCUT2D eigenvalue weighted by molar-refractivity contribution is 5.33. The molecule has 0 amide bonds. The molecule has 0 spiro atoms. The fourth-order valence-corrected chi connectivity index (χ4v) is 2.42. The molecule has 0 aliphatic rings. The molecule has 0 saturated heterocycles. The average Bonchev–Trinajstić information content (AvgIpc) is 2.39. The molecule has 1 rings (SSSR count). The number of methoxy groups -OCH3 is 1. The van der Waals surface area contributed by atoms with Crippen molar-refractivity contribution in [2.45, 2.75) is 39.8 Å². The Labute approximate surface area is 121 Å². The second kappa shape index (κ2) is 7.04. The van der Waals surface area contributed by atoms with Crippen LogP contribution >= 0.6 is 0 Å². The molecule has 2 atom stereocenters. The number of likely N-dealkylation sites (N-methyl/N-ethyl adjacent to an activating group) is 1. The lowest BCUT2D eigenvalue weighted by molar-refractivity contribution is -0.0358. The Morgan fingerprint density at radius 3 is 2.40 bits per heavy atom. The van der Waals surface area contributed by atoms with E-state index in [4.69, 9.17) is 9.47 Å². The van der Waals surface area contributed by atoms with Crippen LogP contribution in [0.25, 0.3) is 0 Å². The van der Waals surface area contributed by atoms with Gasteiger partial charge in [0.1, 0.15) is 0 Å². The van der Waals surface area contributed by atoms with Gasteiger partial charge in [-0.2, -0.15) is 0 Å². The van der Waals surface area contributed by atoms with Crippen LogP contribution < -0.4 is 10.1 Å². The van der Waals surface area contributed by atoms with Gasteiger partial charge in [-0.15, -0.1) is 0 Å². The molecule has 0 saturated carbocycles. The van der Waals surface area contributed by atoms with E-state index in [2.05, 4.69) is 26.1 Å². The van der Waals surface area contributed by atoms with Crippen molar-refractivity contribution in [2.75, 3.05) is 20.8 Å². The minimum absolute atomic E-state index is 0.112. The van der Waals surface area contributed by atoms with Gasteiger partial charge in [-0.3, -0.25) is 0 Å². The molecule has 0 heterocycles. The summed E-state index contributed by atoms with van der Waals surface area (Å²) in [5.74, 6) is -0.0739. The molecule has 20 heavy (non-hydrogen) atoms. The van der Waals surface area contributed by atoms with Crippen molar-refractivity contribution in [3.05, 3.63) is 29.6 Å². The van der Waals surface area contributed by atoms with Gasteiger partial charge in [-0.05, 0) is 25.5 Å². The van der Waals surface area contributed by atoms with Crippen molar-refractivity contribution in [2.24, 2.45) is 5.41 Å². The van der Waals surface area contributed by atoms with Gasteiger partial charge in [0, 0.05) is 12.2 Å². The summed E-state index contributed by atoms with van der Waals surface area (Å²) in [5.41, 5.74) is 0.458. The van der Waals surface area contributed by atoms with Crippen LogP contribution in [-0.4, -0.2) is 26.9 Å². The first-order chi connectivity index (χ1) is 9.36. The van der Waals surface area contributed by atoms with Crippen molar-refractivity contribution < 1.29 is 13.9 Å². The fraction of sp³-hybridized carbons (Fsp3) is 0.625. The van der Waals surface area contributed by atoms with Crippen LogP contribution in [0.3, 0.4) is 0 Å². The number of rotatable bonds is 6. The summed E-state index contributed by atoms with van der Waals surface area (Å²) in [7, 11) is 3.29. The third-order valence-electron chi connectivity index (χ3n) is 3.36. The summed E-state index contributed by atoms with van der Waals surface area (Å²) in [6.45, 7) is 8.82. The average molecular weight is 283 g/mol. The van der Waals surface area contributed by atoms with Crippen LogP contribution in [0.1, 0.15) is 39.3 Å². The molecule has 0 aliphatic carbocycles. The molecule has 4 heteroatoms. The monoisotopic (exact) mass is 283 g/mol. The van der Waals surface area contributed by atoms with E-state index in [1.807, 2.05) is 14.0 Å². The molecule has 2 unspecified atom stereocenters. The molecule has 0 fully saturated rings. The molecule has 1 N–H and O–H groups in total. The van der Waals surface area contributed by atoms with Crippen LogP contribution in [0.2, 0.25) is 0 Å². The zero-order valence-corrected chi connectivity index (χ0v) is 13.3. The van der Waals surface area contributed by atoms with Crippen LogP contribution in [0.15, 0.2) is 18.2 Å². The molecule has 0 radical (unpaired) electrons. The van der Waals surface area contributed by atoms with E-state index in [0.717, 1.165) is 0 Å². The van der Waals surface area contributed by atoms with E-state index in [-0.39, 0.29) is 29.1 Å². The SMILES string of the molecule is CCOC(C(NC)c1cccc(OC)c1F)C(C)(C)C. The molecule has 1 aromatic carbocycles. The van der Waals surface area contributed by atoms with Gasteiger partial charge in [0.25, 0.3) is 0 Å². The topological polar surface area (TPSA) is 30.5 Å². The predicted octanol–water partition coefficient (Wildman–Crippen LogP) is 3.55. The third kappa shape index (κ3) is 3.70. The van der Waals surface area contributed by atoms with Gasteiger partial charge in [0.15, 0.2) is 11.6 Å². The Morgan fingerprint density at radius 2 is 1.95 bits per heavy atom. The van der Waals surface area contributed by atoms with Crippen molar-refractivity contribution in [3.8, 4) is 5.75 Å². The van der Waals surface area contributed by atoms with Crippen molar-refractivity contribution in [1.82, 2.24) is 5.32 Å². The highest BCUT2D eigenvalue weighted by Crippen LogP contribution is 2.35. The number of hydrogen-bond donors (Lipinski definition) is 1. The minimum atomic E-state index is -0.330. The lowest BCUT2D eigenvalue weighted by Gasteiger charge is -2.37. The predicted molar refractivity (Wildman–Crippen MR) is 79.6 cm³/mol. The number of ether oxygens (including phenoxy) is 2. The quantitative estimate of drug-likeness (QED) is 0.866. The van der Waals surface area contributed by atoms with Crippen molar-refractivity contribution in [1.29, 1.82) is 0 Å². The minimum Gasteiger partial charge on any atom is -0.494 e. The van der Waals surface area contributed by atoms with Gasteiger partial charge < -0.3 is 14.8 Å². The Kier molecular flexibility index (Phi) is 5.96. The zero-order chi connectivity index (χ0) is 15.3. The van der Waals surface area contributed by atoms with Gasteiger partial charge in [-0.1, -0.05) is 32.9 Å². The van der Waals surface area contributed by atoms with E-state index < -0.39 is 0 Å². The summed E-state index contributed by atoms with van der Waals surface area (Å²) in [4.78, 5) is 0. The molecule has 0 aromatic heterocycles. The van der Waals surface area contributed by atoms with Crippen LogP contribution in [-0.2, 0) is 4.74 Å². The maximum absolute atomic E-state index is 14.5. The second-order valence-electron chi connectivity index (χ2n) is 5.87. The zero-order valence-electron chi connectivity index (χ0n) is 13.3. The lowest BCUT2D eigenvalue weighted by atomic mass is 9.81. The molecule has 0 aliphatic heterocycles. The first-order valence-corrected chi connectivity index (χ1v) is 6.98. The maximum atomic E-state index is 14.5. The van der Waals surface area contributed by atoms with Gasteiger partial charge in [-0.25, -0.2) is 4.39 Å². The van der Waals surface area contributed by atoms with Crippen LogP contribution in [0, 0.1) is 11.2 Å². The Bertz CT molecular complexity index is 429. The van der Waals surface area contributed by atoms with E-state index in [1.165, 1.54) is 7.11 Å². The normalized spacial score (nSPS) is 14.9. The fourth-order valence-electron chi connectivity index (χ4n) is 2.42. The van der Waals surface area contributed by atoms with Gasteiger partial charge in [0.05, 0.1) is 19.3 Å². The molecular formula is C16H26FNO2. The van der Waals surface area contributed by atoms with Crippen LogP contribution in [0.4, 0.5) is 4.39 Å². The largest absolute Gasteiger partial charge is 0.494 e. The number of halogens is 1. The van der Waals surface area contributed by atoms with E-state index in [1.54, 1.807) is 18.2 Å². The first-order valence-electron chi connectivity index (χ1n) is 6.98. The summed E-state index contributed by atoms with van der Waals surface area (Å²) in [6, 6.07) is 4.97. The smallest absolute Gasteiger partial charge is 0.169 e. The van der Waals surface area contributed by atoms with Crippen molar-refractivity contribution in [3.63, 3.8) is 0 Å². The molecular weight excluding hydrogens is 257 g/mol. The summed E-state index contributed by atoms with van der Waals surface area (Å²) in [5, 5.41) is 3.18. The highest BCUT2D eigenvalue weighted by atomic mass is 19.1. The second-order valence-corrected chi connectivity index (χ2v) is 5.87. The molecule has 0 bridgehead atoms. The summed E-state index contributed by atoms with van der Waals surface area (Å²) in [6.07, 6.45) is -0.140. The summed E-state index contributed by atoms with van der Waals surface area (Å²) < 4.78 is 25.4. The van der Waals surface area contributed by atoms with E-state index in [9.17, 15) is 4.39 Å². The summed E-state index contributed by atoms with van der Waals surface area (Å²) >= 11 is 0. The molecule has 3 nitrogen and oxygen atoms in total. The number of benzene rings is 1. The Balaban J connectivity index is 3.23. The number of hydrogen-bond acceptors (Lipinski definition) is 3. The van der Waals surface area contributed by atoms with Gasteiger partial charge in [0.2, 0.25) is 0 Å². The van der Waals surface area contributed by atoms with Crippen molar-refractivity contribution >= 4 is 0 Å². The molecule has 1 aromatic rings. The maximum Gasteiger partial charge on any atom is 0.169 e. The Morgan fingerprint density at radius 1 is 1.30 bits per heavy atom. The van der Waals surface area contributed by atoms with E-state index >= 15 is 0 Å². The third-order valence-corrected chi connectivity index (χ3v) is 3.36. The lowest BCUT2D eigenvalue weighted by Crippen LogP contribution is -2.41. The first kappa shape index (κ1) is 16.9. The Hall–Kier alpha value is -1.13. The van der Waals surface area contributed by atoms with Crippen LogP contribution in [0.5, 0.6) is 5.75 Å². The standard InChI is InChI=1S/C16H26FNO2/c1-7-20-15(16(2,3)4)14(18-5)11-9-8-10-12(19-6)13(11)17/h8-10,14-15,18H,7H2,1-6H3. The van der Waals surface area contributed by atoms with E-state index in [0.29, 0.717) is 12.2 Å². The highest BCUT2D eigenvalue weighted by Gasteiger charge is 2.34. The number of nitrogens with one attached hydrogen (secondary N) is 1. The molecule has 114 valence electrons.